The lowest BCUT2D eigenvalue weighted by Gasteiger charge is -2.26. The monoisotopic (exact) mass is 413 g/mol. The van der Waals surface area contributed by atoms with Crippen LogP contribution in [0.25, 0.3) is 0 Å². The molecule has 0 saturated carbocycles. The second kappa shape index (κ2) is 10.3. The minimum atomic E-state index is -0.584. The Bertz CT molecular complexity index is 801. The van der Waals surface area contributed by atoms with Gasteiger partial charge < -0.3 is 21.1 Å². The summed E-state index contributed by atoms with van der Waals surface area (Å²) in [5.74, 6) is -0.266. The Balaban J connectivity index is 1.99. The Kier molecular flexibility index (Phi) is 8.02. The third-order valence-corrected chi connectivity index (χ3v) is 4.71. The maximum Gasteiger partial charge on any atom is 0.313 e. The SMILES string of the molecule is C[C@H](NC(=S)NC(CCc1ccccc1)OC(=O)C(C)(C)C)c1ccc(N)cc1. The van der Waals surface area contributed by atoms with Gasteiger partial charge in [-0.1, -0.05) is 42.5 Å². The highest BCUT2D eigenvalue weighted by molar-refractivity contribution is 7.80. The van der Waals surface area contributed by atoms with Crippen molar-refractivity contribution >= 4 is 29.0 Å². The summed E-state index contributed by atoms with van der Waals surface area (Å²) in [5.41, 5.74) is 8.13. The molecular weight excluding hydrogens is 382 g/mol. The van der Waals surface area contributed by atoms with E-state index in [0.717, 1.165) is 17.7 Å². The maximum atomic E-state index is 12.4. The highest BCUT2D eigenvalue weighted by Gasteiger charge is 2.26. The highest BCUT2D eigenvalue weighted by atomic mass is 32.1. The summed E-state index contributed by atoms with van der Waals surface area (Å²) in [7, 11) is 0. The number of nitrogens with one attached hydrogen (secondary N) is 2. The molecule has 0 aliphatic rings. The largest absolute Gasteiger partial charge is 0.441 e. The van der Waals surface area contributed by atoms with Gasteiger partial charge in [0.1, 0.15) is 0 Å². The van der Waals surface area contributed by atoms with Crippen molar-refractivity contribution < 1.29 is 9.53 Å². The summed E-state index contributed by atoms with van der Waals surface area (Å²) in [6.07, 6.45) is 0.872. The van der Waals surface area contributed by atoms with Crippen molar-refractivity contribution in [2.24, 2.45) is 5.41 Å². The van der Waals surface area contributed by atoms with Crippen LogP contribution in [0.1, 0.15) is 51.3 Å². The van der Waals surface area contributed by atoms with Gasteiger partial charge in [-0.3, -0.25) is 4.79 Å². The van der Waals surface area contributed by atoms with Crippen molar-refractivity contribution in [3.8, 4) is 0 Å². The molecule has 2 aromatic carbocycles. The van der Waals surface area contributed by atoms with Gasteiger partial charge in [-0.05, 0) is 69.6 Å². The third-order valence-electron chi connectivity index (χ3n) is 4.48. The molecule has 0 saturated heterocycles. The topological polar surface area (TPSA) is 76.4 Å². The van der Waals surface area contributed by atoms with E-state index in [4.69, 9.17) is 22.7 Å². The van der Waals surface area contributed by atoms with E-state index in [9.17, 15) is 4.79 Å². The number of esters is 1. The molecule has 2 aromatic rings. The number of nitrogens with two attached hydrogens (primary N) is 1. The van der Waals surface area contributed by atoms with E-state index in [-0.39, 0.29) is 12.0 Å². The zero-order valence-corrected chi connectivity index (χ0v) is 18.4. The number of carbonyl (C=O) groups is 1. The van der Waals surface area contributed by atoms with Gasteiger partial charge in [0.2, 0.25) is 0 Å². The number of ether oxygens (including phenoxy) is 1. The molecule has 4 N–H and O–H groups in total. The van der Waals surface area contributed by atoms with Gasteiger partial charge in [-0.25, -0.2) is 0 Å². The molecule has 0 fully saturated rings. The van der Waals surface area contributed by atoms with E-state index in [1.807, 2.05) is 70.2 Å². The first-order valence-corrected chi connectivity index (χ1v) is 10.2. The highest BCUT2D eigenvalue weighted by Crippen LogP contribution is 2.18. The number of thiocarbonyl (C=S) groups is 1. The van der Waals surface area contributed by atoms with Crippen molar-refractivity contribution in [3.05, 3.63) is 65.7 Å². The maximum absolute atomic E-state index is 12.4. The molecule has 0 aliphatic carbocycles. The lowest BCUT2D eigenvalue weighted by Crippen LogP contribution is -2.46. The Morgan fingerprint density at radius 3 is 2.28 bits per heavy atom. The summed E-state index contributed by atoms with van der Waals surface area (Å²) >= 11 is 5.47. The number of benzene rings is 2. The molecule has 0 bridgehead atoms. The van der Waals surface area contributed by atoms with E-state index in [0.29, 0.717) is 11.5 Å². The van der Waals surface area contributed by atoms with Crippen LogP contribution in [0.4, 0.5) is 5.69 Å². The van der Waals surface area contributed by atoms with Crippen LogP contribution < -0.4 is 16.4 Å². The second-order valence-corrected chi connectivity index (χ2v) is 8.58. The average Bonchev–Trinajstić information content (AvgIpc) is 2.66. The van der Waals surface area contributed by atoms with Crippen molar-refractivity contribution in [2.45, 2.75) is 52.8 Å². The van der Waals surface area contributed by atoms with Gasteiger partial charge in [-0.15, -0.1) is 0 Å². The van der Waals surface area contributed by atoms with E-state index < -0.39 is 11.6 Å². The molecule has 0 radical (unpaired) electrons. The molecule has 6 heteroatoms. The van der Waals surface area contributed by atoms with Gasteiger partial charge in [0, 0.05) is 12.1 Å². The minimum absolute atomic E-state index is 0.0105. The van der Waals surface area contributed by atoms with Crippen molar-refractivity contribution in [1.29, 1.82) is 0 Å². The van der Waals surface area contributed by atoms with Gasteiger partial charge in [0.15, 0.2) is 11.3 Å². The lowest BCUT2D eigenvalue weighted by molar-refractivity contribution is -0.159. The standard InChI is InChI=1S/C23H31N3O2S/c1-16(18-11-13-19(24)14-12-18)25-22(29)26-20(28-21(27)23(2,3)4)15-10-17-8-6-5-7-9-17/h5-9,11-14,16,20H,10,15,24H2,1-4H3,(H2,25,26,29)/t16-,20?/m0/s1. The van der Waals surface area contributed by atoms with E-state index in [1.54, 1.807) is 0 Å². The molecule has 1 unspecified atom stereocenters. The van der Waals surface area contributed by atoms with Crippen LogP contribution in [0.2, 0.25) is 0 Å². The molecule has 0 heterocycles. The Morgan fingerprint density at radius 2 is 1.69 bits per heavy atom. The zero-order valence-electron chi connectivity index (χ0n) is 17.6. The molecular formula is C23H31N3O2S. The summed E-state index contributed by atoms with van der Waals surface area (Å²) < 4.78 is 5.72. The minimum Gasteiger partial charge on any atom is -0.441 e. The fourth-order valence-corrected chi connectivity index (χ4v) is 2.97. The van der Waals surface area contributed by atoms with Gasteiger partial charge in [0.25, 0.3) is 0 Å². The molecule has 156 valence electrons. The first kappa shape index (κ1) is 22.7. The average molecular weight is 414 g/mol. The first-order valence-electron chi connectivity index (χ1n) is 9.82. The number of hydrogen-bond donors (Lipinski definition) is 3. The van der Waals surface area contributed by atoms with Crippen LogP contribution in [0.15, 0.2) is 54.6 Å². The first-order chi connectivity index (χ1) is 13.6. The zero-order chi connectivity index (χ0) is 21.4. The number of hydrogen-bond acceptors (Lipinski definition) is 4. The van der Waals surface area contributed by atoms with E-state index in [1.165, 1.54) is 5.56 Å². The number of carbonyl (C=O) groups excluding carboxylic acids is 1. The summed E-state index contributed by atoms with van der Waals surface area (Å²) in [6, 6.07) is 17.7. The Hall–Kier alpha value is -2.60. The molecule has 0 spiro atoms. The van der Waals surface area contributed by atoms with Crippen LogP contribution in [0.3, 0.4) is 0 Å². The summed E-state index contributed by atoms with van der Waals surface area (Å²) in [4.78, 5) is 12.4. The van der Waals surface area contributed by atoms with E-state index in [2.05, 4.69) is 22.8 Å². The van der Waals surface area contributed by atoms with Crippen LogP contribution in [-0.2, 0) is 16.0 Å². The predicted molar refractivity (Wildman–Crippen MR) is 122 cm³/mol. The summed E-state index contributed by atoms with van der Waals surface area (Å²) in [6.45, 7) is 7.52. The van der Waals surface area contributed by atoms with Crippen LogP contribution >= 0.6 is 12.2 Å². The normalized spacial score (nSPS) is 13.2. The van der Waals surface area contributed by atoms with E-state index >= 15 is 0 Å². The number of anilines is 1. The molecule has 2 atom stereocenters. The Labute approximate surface area is 179 Å². The predicted octanol–water partition coefficient (Wildman–Crippen LogP) is 4.34. The smallest absolute Gasteiger partial charge is 0.313 e. The fourth-order valence-electron chi connectivity index (χ4n) is 2.66. The van der Waals surface area contributed by atoms with Crippen LogP contribution in [0.5, 0.6) is 0 Å². The summed E-state index contributed by atoms with van der Waals surface area (Å²) in [5, 5.41) is 6.84. The van der Waals surface area contributed by atoms with Crippen LogP contribution in [-0.4, -0.2) is 17.3 Å². The second-order valence-electron chi connectivity index (χ2n) is 8.17. The molecule has 5 nitrogen and oxygen atoms in total. The molecule has 0 aromatic heterocycles. The van der Waals surface area contributed by atoms with Crippen molar-refractivity contribution in [1.82, 2.24) is 10.6 Å². The number of nitrogen functional groups attached to an aromatic ring is 1. The van der Waals surface area contributed by atoms with Gasteiger partial charge in [-0.2, -0.15) is 0 Å². The fraction of sp³-hybridized carbons (Fsp3) is 0.391. The molecule has 2 rings (SSSR count). The quantitative estimate of drug-likeness (QED) is 0.271. The van der Waals surface area contributed by atoms with Gasteiger partial charge >= 0.3 is 5.97 Å². The van der Waals surface area contributed by atoms with Crippen LogP contribution in [0, 0.1) is 5.41 Å². The third kappa shape index (κ3) is 7.74. The molecule has 29 heavy (non-hydrogen) atoms. The lowest BCUT2D eigenvalue weighted by atomic mass is 9.97. The van der Waals surface area contributed by atoms with Gasteiger partial charge in [0.05, 0.1) is 11.5 Å². The number of rotatable bonds is 7. The molecule has 0 aliphatic heterocycles. The van der Waals surface area contributed by atoms with Crippen molar-refractivity contribution in [3.63, 3.8) is 0 Å². The Morgan fingerprint density at radius 1 is 1.07 bits per heavy atom. The number of aryl methyl sites for hydroxylation is 1. The molecule has 0 amide bonds. The van der Waals surface area contributed by atoms with Crippen molar-refractivity contribution in [2.75, 3.05) is 5.73 Å².